The van der Waals surface area contributed by atoms with Crippen molar-refractivity contribution in [2.24, 2.45) is 0 Å². The first-order valence-corrected chi connectivity index (χ1v) is 7.61. The fourth-order valence-corrected chi connectivity index (χ4v) is 2.85. The molecule has 4 aromatic rings. The van der Waals surface area contributed by atoms with E-state index in [-0.39, 0.29) is 11.3 Å². The van der Waals surface area contributed by atoms with Gasteiger partial charge in [-0.25, -0.2) is 9.50 Å². The molecule has 118 valence electrons. The van der Waals surface area contributed by atoms with Gasteiger partial charge in [0.15, 0.2) is 5.65 Å². The minimum atomic E-state index is -0.191. The summed E-state index contributed by atoms with van der Waals surface area (Å²) in [4.78, 5) is 17.1. The fourth-order valence-electron chi connectivity index (χ4n) is 2.85. The zero-order valence-corrected chi connectivity index (χ0v) is 13.0. The summed E-state index contributed by atoms with van der Waals surface area (Å²) in [5.74, 6) is 0.144. The molecule has 0 saturated heterocycles. The molecule has 0 amide bonds. The molecule has 2 aromatic carbocycles. The fraction of sp³-hybridized carbons (Fsp3) is 0.0526. The number of hydrogen-bond acceptors (Lipinski definition) is 3. The van der Waals surface area contributed by atoms with E-state index in [1.165, 1.54) is 10.6 Å². The van der Waals surface area contributed by atoms with Gasteiger partial charge in [0.25, 0.3) is 5.56 Å². The highest BCUT2D eigenvalue weighted by Gasteiger charge is 2.14. The van der Waals surface area contributed by atoms with Crippen molar-refractivity contribution in [1.82, 2.24) is 14.6 Å². The van der Waals surface area contributed by atoms with Gasteiger partial charge in [-0.3, -0.25) is 9.89 Å². The summed E-state index contributed by atoms with van der Waals surface area (Å²) in [5, 5.41) is 12.8. The number of rotatable bonds is 2. The average molecular weight is 317 g/mol. The molecule has 0 bridgehead atoms. The molecular weight excluding hydrogens is 302 g/mol. The Bertz CT molecular complexity index is 1090. The van der Waals surface area contributed by atoms with Gasteiger partial charge in [0.05, 0.1) is 11.4 Å². The van der Waals surface area contributed by atoms with E-state index >= 15 is 0 Å². The highest BCUT2D eigenvalue weighted by Crippen LogP contribution is 2.26. The van der Waals surface area contributed by atoms with Crippen LogP contribution in [0.3, 0.4) is 0 Å². The number of H-pyrrole nitrogens is 1. The van der Waals surface area contributed by atoms with Crippen LogP contribution in [0, 0.1) is 6.92 Å². The summed E-state index contributed by atoms with van der Waals surface area (Å²) in [7, 11) is 0. The molecule has 24 heavy (non-hydrogen) atoms. The number of aromatic nitrogens is 3. The summed E-state index contributed by atoms with van der Waals surface area (Å²) in [6.45, 7) is 1.94. The van der Waals surface area contributed by atoms with Crippen molar-refractivity contribution in [3.05, 3.63) is 76.6 Å². The monoisotopic (exact) mass is 317 g/mol. The molecule has 0 aliphatic heterocycles. The van der Waals surface area contributed by atoms with Crippen molar-refractivity contribution in [3.63, 3.8) is 0 Å². The van der Waals surface area contributed by atoms with Gasteiger partial charge in [0, 0.05) is 17.2 Å². The van der Waals surface area contributed by atoms with E-state index in [9.17, 15) is 9.90 Å². The second-order valence-corrected chi connectivity index (χ2v) is 5.67. The third-order valence-corrected chi connectivity index (χ3v) is 4.06. The van der Waals surface area contributed by atoms with Gasteiger partial charge >= 0.3 is 0 Å². The molecule has 0 aliphatic rings. The number of nitrogens with one attached hydrogen (secondary N) is 1. The lowest BCUT2D eigenvalue weighted by Crippen LogP contribution is -2.14. The predicted octanol–water partition coefficient (Wildman–Crippen LogP) is 3.37. The Morgan fingerprint density at radius 2 is 1.75 bits per heavy atom. The molecule has 0 fully saturated rings. The van der Waals surface area contributed by atoms with E-state index in [4.69, 9.17) is 0 Å². The van der Waals surface area contributed by atoms with E-state index in [1.54, 1.807) is 18.2 Å². The van der Waals surface area contributed by atoms with Crippen molar-refractivity contribution >= 4 is 5.65 Å². The van der Waals surface area contributed by atoms with Crippen LogP contribution in [0.1, 0.15) is 5.56 Å². The SMILES string of the molecule is Cc1c(-c2ccccc2)[nH]n2c(=O)cc(-c3cccc(O)c3)nc12. The largest absolute Gasteiger partial charge is 0.508 e. The maximum Gasteiger partial charge on any atom is 0.273 e. The third kappa shape index (κ3) is 2.27. The predicted molar refractivity (Wildman–Crippen MR) is 93.1 cm³/mol. The highest BCUT2D eigenvalue weighted by atomic mass is 16.3. The number of aryl methyl sites for hydroxylation is 1. The van der Waals surface area contributed by atoms with Crippen LogP contribution >= 0.6 is 0 Å². The van der Waals surface area contributed by atoms with Crippen molar-refractivity contribution < 1.29 is 5.11 Å². The molecule has 0 aliphatic carbocycles. The molecular formula is C19H15N3O2. The molecule has 2 N–H and O–H groups in total. The van der Waals surface area contributed by atoms with Gasteiger partial charge in [0.2, 0.25) is 0 Å². The highest BCUT2D eigenvalue weighted by molar-refractivity contribution is 5.72. The molecule has 2 aromatic heterocycles. The van der Waals surface area contributed by atoms with E-state index in [1.807, 2.05) is 43.3 Å². The van der Waals surface area contributed by atoms with E-state index in [0.717, 1.165) is 16.8 Å². The van der Waals surface area contributed by atoms with Crippen LogP contribution in [0.2, 0.25) is 0 Å². The number of phenols is 1. The summed E-state index contributed by atoms with van der Waals surface area (Å²) in [6, 6.07) is 18.0. The van der Waals surface area contributed by atoms with Gasteiger partial charge in [-0.1, -0.05) is 42.5 Å². The maximum absolute atomic E-state index is 12.5. The van der Waals surface area contributed by atoms with Gasteiger partial charge in [0.1, 0.15) is 5.75 Å². The smallest absolute Gasteiger partial charge is 0.273 e. The topological polar surface area (TPSA) is 70.4 Å². The number of fused-ring (bicyclic) bond motifs is 1. The molecule has 0 atom stereocenters. The number of benzene rings is 2. The number of aromatic hydroxyl groups is 1. The van der Waals surface area contributed by atoms with E-state index < -0.39 is 0 Å². The molecule has 5 heteroatoms. The number of nitrogens with zero attached hydrogens (tertiary/aromatic N) is 2. The lowest BCUT2D eigenvalue weighted by Gasteiger charge is -2.02. The first kappa shape index (κ1) is 14.3. The summed E-state index contributed by atoms with van der Waals surface area (Å²) in [5.41, 5.74) is 4.41. The minimum absolute atomic E-state index is 0.144. The summed E-state index contributed by atoms with van der Waals surface area (Å²) < 4.78 is 1.45. The minimum Gasteiger partial charge on any atom is -0.508 e. The van der Waals surface area contributed by atoms with E-state index in [0.29, 0.717) is 16.9 Å². The van der Waals surface area contributed by atoms with Crippen molar-refractivity contribution in [3.8, 4) is 28.3 Å². The average Bonchev–Trinajstić information content (AvgIpc) is 2.93. The van der Waals surface area contributed by atoms with Crippen LogP contribution in [0.15, 0.2) is 65.5 Å². The second-order valence-electron chi connectivity index (χ2n) is 5.67. The van der Waals surface area contributed by atoms with Crippen molar-refractivity contribution in [1.29, 1.82) is 0 Å². The second kappa shape index (κ2) is 5.38. The number of aromatic amines is 1. The standard InChI is InChI=1S/C19H15N3O2/c1-12-18(13-6-3-2-4-7-13)21-22-17(24)11-16(20-19(12)22)14-8-5-9-15(23)10-14/h2-11,21,23H,1H3. The summed E-state index contributed by atoms with van der Waals surface area (Å²) >= 11 is 0. The molecule has 2 heterocycles. The van der Waals surface area contributed by atoms with Crippen LogP contribution in [0.4, 0.5) is 0 Å². The van der Waals surface area contributed by atoms with Gasteiger partial charge in [-0.2, -0.15) is 0 Å². The van der Waals surface area contributed by atoms with Crippen molar-refractivity contribution in [2.45, 2.75) is 6.92 Å². The quantitative estimate of drug-likeness (QED) is 0.595. The Morgan fingerprint density at radius 1 is 1.00 bits per heavy atom. The first-order valence-electron chi connectivity index (χ1n) is 7.61. The Hall–Kier alpha value is -3.34. The van der Waals surface area contributed by atoms with Gasteiger partial charge in [-0.15, -0.1) is 0 Å². The Balaban J connectivity index is 1.96. The van der Waals surface area contributed by atoms with Crippen molar-refractivity contribution in [2.75, 3.05) is 0 Å². The number of phenolic OH excluding ortho intramolecular Hbond substituents is 1. The van der Waals surface area contributed by atoms with E-state index in [2.05, 4.69) is 10.1 Å². The molecule has 5 nitrogen and oxygen atoms in total. The summed E-state index contributed by atoms with van der Waals surface area (Å²) in [6.07, 6.45) is 0. The van der Waals surface area contributed by atoms with Crippen LogP contribution in [0.25, 0.3) is 28.2 Å². The maximum atomic E-state index is 12.5. The molecule has 0 unspecified atom stereocenters. The normalized spacial score (nSPS) is 11.0. The van der Waals surface area contributed by atoms with Crippen LogP contribution in [0.5, 0.6) is 5.75 Å². The zero-order valence-electron chi connectivity index (χ0n) is 13.0. The molecule has 0 saturated carbocycles. The Labute approximate surface area is 137 Å². The zero-order chi connectivity index (χ0) is 16.7. The van der Waals surface area contributed by atoms with Gasteiger partial charge < -0.3 is 5.11 Å². The Morgan fingerprint density at radius 3 is 2.50 bits per heavy atom. The van der Waals surface area contributed by atoms with Crippen LogP contribution in [-0.4, -0.2) is 19.7 Å². The Kier molecular flexibility index (Phi) is 3.20. The van der Waals surface area contributed by atoms with Crippen LogP contribution in [-0.2, 0) is 0 Å². The third-order valence-electron chi connectivity index (χ3n) is 4.06. The lowest BCUT2D eigenvalue weighted by molar-refractivity contribution is 0.475. The van der Waals surface area contributed by atoms with Gasteiger partial charge in [-0.05, 0) is 24.6 Å². The van der Waals surface area contributed by atoms with Crippen LogP contribution < -0.4 is 5.56 Å². The molecule has 0 radical (unpaired) electrons. The first-order chi connectivity index (χ1) is 11.6. The molecule has 4 rings (SSSR count). The number of hydrogen-bond donors (Lipinski definition) is 2. The lowest BCUT2D eigenvalue weighted by atomic mass is 10.1. The molecule has 0 spiro atoms.